The second kappa shape index (κ2) is 8.52. The molecule has 6 rings (SSSR count). The smallest absolute Gasteiger partial charge is 0.258 e. The van der Waals surface area contributed by atoms with Crippen LogP contribution in [0, 0.1) is 11.7 Å². The molecule has 0 radical (unpaired) electrons. The van der Waals surface area contributed by atoms with Gasteiger partial charge in [-0.05, 0) is 63.0 Å². The van der Waals surface area contributed by atoms with Crippen LogP contribution in [-0.4, -0.2) is 64.7 Å². The van der Waals surface area contributed by atoms with E-state index in [1.807, 2.05) is 4.90 Å². The number of aromatic nitrogens is 2. The van der Waals surface area contributed by atoms with Crippen molar-refractivity contribution in [1.29, 1.82) is 0 Å². The third kappa shape index (κ3) is 4.51. The van der Waals surface area contributed by atoms with Gasteiger partial charge in [-0.2, -0.15) is 0 Å². The molecule has 176 valence electrons. The second-order valence-electron chi connectivity index (χ2n) is 9.65. The van der Waals surface area contributed by atoms with Crippen LogP contribution < -0.4 is 15.0 Å². The molecule has 2 bridgehead atoms. The van der Waals surface area contributed by atoms with Crippen LogP contribution in [0.5, 0.6) is 11.5 Å². The van der Waals surface area contributed by atoms with E-state index >= 15 is 4.39 Å². The molecule has 0 spiro atoms. The highest BCUT2D eigenvalue weighted by atomic mass is 19.1. The van der Waals surface area contributed by atoms with Crippen LogP contribution in [0.4, 0.5) is 14.7 Å². The van der Waals surface area contributed by atoms with E-state index < -0.39 is 11.6 Å². The van der Waals surface area contributed by atoms with Gasteiger partial charge in [-0.1, -0.05) is 0 Å². The highest BCUT2D eigenvalue weighted by molar-refractivity contribution is 5.86. The van der Waals surface area contributed by atoms with Crippen LogP contribution in [0.15, 0.2) is 36.7 Å². The third-order valence-electron chi connectivity index (χ3n) is 7.35. The molecule has 7 nitrogen and oxygen atoms in total. The number of hydrogen-bond donors (Lipinski definition) is 1. The molecule has 1 aromatic heterocycles. The van der Waals surface area contributed by atoms with Crippen LogP contribution in [-0.2, 0) is 4.79 Å². The van der Waals surface area contributed by atoms with Gasteiger partial charge in [0, 0.05) is 32.5 Å². The van der Waals surface area contributed by atoms with E-state index in [2.05, 4.69) is 27.1 Å². The summed E-state index contributed by atoms with van der Waals surface area (Å²) in [7, 11) is 0. The molecule has 0 aliphatic carbocycles. The molecule has 0 saturated carbocycles. The van der Waals surface area contributed by atoms with Crippen molar-refractivity contribution in [2.45, 2.75) is 43.8 Å². The Kier molecular flexibility index (Phi) is 5.68. The van der Waals surface area contributed by atoms with E-state index in [0.29, 0.717) is 36.5 Å². The van der Waals surface area contributed by atoms with Crippen molar-refractivity contribution in [2.24, 2.45) is 5.92 Å². The number of ether oxygens (including phenoxy) is 1. The van der Waals surface area contributed by atoms with E-state index in [4.69, 9.17) is 4.74 Å². The maximum atomic E-state index is 15.6. The van der Waals surface area contributed by atoms with E-state index in [-0.39, 0.29) is 24.2 Å². The number of piperidine rings is 4. The summed E-state index contributed by atoms with van der Waals surface area (Å²) >= 11 is 0. The molecule has 1 aromatic carbocycles. The van der Waals surface area contributed by atoms with Crippen molar-refractivity contribution in [3.63, 3.8) is 0 Å². The number of amides is 1. The van der Waals surface area contributed by atoms with Gasteiger partial charge in [0.15, 0.2) is 11.4 Å². The summed E-state index contributed by atoms with van der Waals surface area (Å²) in [5.41, 5.74) is -2.23. The SMILES string of the molecule is CC1(NC(=O)C2(F)CCN(c3ncc(Oc4ccc(F)cc4)cn3)CC2)CN2CCC1CC2. The first-order valence-corrected chi connectivity index (χ1v) is 11.6. The lowest BCUT2D eigenvalue weighted by Gasteiger charge is -2.52. The Morgan fingerprint density at radius 1 is 1.06 bits per heavy atom. The minimum atomic E-state index is -1.88. The Morgan fingerprint density at radius 2 is 1.70 bits per heavy atom. The van der Waals surface area contributed by atoms with Crippen molar-refractivity contribution in [1.82, 2.24) is 20.2 Å². The minimum absolute atomic E-state index is 0.0977. The first-order valence-electron chi connectivity index (χ1n) is 11.6. The summed E-state index contributed by atoms with van der Waals surface area (Å²) in [5.74, 6) is 0.965. The Labute approximate surface area is 192 Å². The minimum Gasteiger partial charge on any atom is -0.454 e. The maximum absolute atomic E-state index is 15.6. The molecule has 1 unspecified atom stereocenters. The van der Waals surface area contributed by atoms with Gasteiger partial charge < -0.3 is 19.9 Å². The quantitative estimate of drug-likeness (QED) is 0.743. The fraction of sp³-hybridized carbons (Fsp3) is 0.542. The van der Waals surface area contributed by atoms with Gasteiger partial charge in [-0.25, -0.2) is 18.7 Å². The fourth-order valence-corrected chi connectivity index (χ4v) is 5.29. The number of hydrogen-bond acceptors (Lipinski definition) is 6. The monoisotopic (exact) mass is 457 g/mol. The maximum Gasteiger partial charge on any atom is 0.258 e. The number of carbonyl (C=O) groups is 1. The Balaban J connectivity index is 1.17. The lowest BCUT2D eigenvalue weighted by Crippen LogP contribution is -2.68. The number of fused-ring (bicyclic) bond motifs is 3. The average Bonchev–Trinajstić information content (AvgIpc) is 2.82. The summed E-state index contributed by atoms with van der Waals surface area (Å²) in [4.78, 5) is 25.8. The number of nitrogens with one attached hydrogen (secondary N) is 1. The van der Waals surface area contributed by atoms with Gasteiger partial charge in [0.05, 0.1) is 17.9 Å². The number of alkyl halides is 1. The van der Waals surface area contributed by atoms with Crippen molar-refractivity contribution in [3.05, 3.63) is 42.5 Å². The Morgan fingerprint density at radius 3 is 2.27 bits per heavy atom. The predicted octanol–water partition coefficient (Wildman–Crippen LogP) is 3.32. The first-order chi connectivity index (χ1) is 15.8. The molecular formula is C24H29F2N5O2. The van der Waals surface area contributed by atoms with Crippen molar-refractivity contribution >= 4 is 11.9 Å². The van der Waals surface area contributed by atoms with Gasteiger partial charge >= 0.3 is 0 Å². The molecule has 4 aliphatic heterocycles. The fourth-order valence-electron chi connectivity index (χ4n) is 5.29. The summed E-state index contributed by atoms with van der Waals surface area (Å²) in [6, 6.07) is 5.68. The Hall–Kier alpha value is -2.81. The van der Waals surface area contributed by atoms with Crippen molar-refractivity contribution in [3.8, 4) is 11.5 Å². The zero-order valence-electron chi connectivity index (χ0n) is 18.8. The molecule has 2 aromatic rings. The topological polar surface area (TPSA) is 70.6 Å². The standard InChI is InChI=1S/C24H29F2N5O2/c1-23(16-30-10-6-17(23)7-11-30)29-21(32)24(26)8-12-31(13-9-24)22-27-14-20(15-28-22)33-19-4-2-18(25)3-5-19/h2-5,14-15,17H,6-13,16H2,1H3,(H,29,32). The molecule has 4 fully saturated rings. The van der Waals surface area contributed by atoms with Gasteiger partial charge in [0.25, 0.3) is 5.91 Å². The first kappa shape index (κ1) is 22.0. The third-order valence-corrected chi connectivity index (χ3v) is 7.35. The predicted molar refractivity (Wildman–Crippen MR) is 120 cm³/mol. The molecule has 5 heterocycles. The van der Waals surface area contributed by atoms with Gasteiger partial charge in [0.2, 0.25) is 5.95 Å². The lowest BCUT2D eigenvalue weighted by atomic mass is 9.73. The normalized spacial score (nSPS) is 28.4. The molecule has 4 aliphatic rings. The molecule has 33 heavy (non-hydrogen) atoms. The second-order valence-corrected chi connectivity index (χ2v) is 9.65. The van der Waals surface area contributed by atoms with E-state index in [1.54, 1.807) is 0 Å². The molecular weight excluding hydrogens is 428 g/mol. The van der Waals surface area contributed by atoms with Crippen LogP contribution in [0.25, 0.3) is 0 Å². The highest BCUT2D eigenvalue weighted by Crippen LogP contribution is 2.37. The summed E-state index contributed by atoms with van der Waals surface area (Å²) in [6.07, 6.45) is 5.37. The number of rotatable bonds is 5. The van der Waals surface area contributed by atoms with Crippen molar-refractivity contribution in [2.75, 3.05) is 37.6 Å². The van der Waals surface area contributed by atoms with E-state index in [1.165, 1.54) is 36.7 Å². The summed E-state index contributed by atoms with van der Waals surface area (Å²) in [5, 5.41) is 3.08. The average molecular weight is 458 g/mol. The zero-order valence-corrected chi connectivity index (χ0v) is 18.8. The highest BCUT2D eigenvalue weighted by Gasteiger charge is 2.49. The lowest BCUT2D eigenvalue weighted by molar-refractivity contribution is -0.139. The number of nitrogens with zero attached hydrogens (tertiary/aromatic N) is 4. The van der Waals surface area contributed by atoms with Crippen LogP contribution >= 0.6 is 0 Å². The number of halogens is 2. The largest absolute Gasteiger partial charge is 0.454 e. The van der Waals surface area contributed by atoms with Crippen molar-refractivity contribution < 1.29 is 18.3 Å². The Bertz CT molecular complexity index is 987. The van der Waals surface area contributed by atoms with Gasteiger partial charge in [-0.3, -0.25) is 4.79 Å². The van der Waals surface area contributed by atoms with Gasteiger partial charge in [0.1, 0.15) is 11.6 Å². The molecule has 4 saturated heterocycles. The summed E-state index contributed by atoms with van der Waals surface area (Å²) < 4.78 is 34.3. The summed E-state index contributed by atoms with van der Waals surface area (Å²) in [6.45, 7) is 5.70. The van der Waals surface area contributed by atoms with Crippen LogP contribution in [0.2, 0.25) is 0 Å². The van der Waals surface area contributed by atoms with Crippen LogP contribution in [0.1, 0.15) is 32.6 Å². The molecule has 9 heteroatoms. The molecule has 1 amide bonds. The van der Waals surface area contributed by atoms with E-state index in [9.17, 15) is 9.18 Å². The van der Waals surface area contributed by atoms with Crippen LogP contribution in [0.3, 0.4) is 0 Å². The zero-order chi connectivity index (χ0) is 23.1. The van der Waals surface area contributed by atoms with Gasteiger partial charge in [-0.15, -0.1) is 0 Å². The molecule has 1 atom stereocenters. The molecule has 1 N–H and O–H groups in total. The number of anilines is 1. The number of benzene rings is 1. The number of carbonyl (C=O) groups excluding carboxylic acids is 1. The van der Waals surface area contributed by atoms with E-state index in [0.717, 1.165) is 32.5 Å².